The number of aliphatic hydroxyl groups excluding tert-OH is 1. The van der Waals surface area contributed by atoms with Crippen molar-refractivity contribution in [3.63, 3.8) is 0 Å². The van der Waals surface area contributed by atoms with Crippen LogP contribution >= 0.6 is 0 Å². The van der Waals surface area contributed by atoms with E-state index in [-0.39, 0.29) is 35.4 Å². The molecule has 0 amide bonds. The molecule has 2 fully saturated rings. The van der Waals surface area contributed by atoms with E-state index in [1.807, 2.05) is 0 Å². The van der Waals surface area contributed by atoms with Gasteiger partial charge >= 0.3 is 5.97 Å². The summed E-state index contributed by atoms with van der Waals surface area (Å²) in [5, 5.41) is 10.4. The van der Waals surface area contributed by atoms with E-state index >= 15 is 0 Å². The van der Waals surface area contributed by atoms with Gasteiger partial charge in [-0.3, -0.25) is 0 Å². The van der Waals surface area contributed by atoms with Gasteiger partial charge in [-0.15, -0.1) is 0 Å². The summed E-state index contributed by atoms with van der Waals surface area (Å²) in [5.41, 5.74) is 1.15. The fraction of sp³-hybridized carbons (Fsp3) is 0.824. The van der Waals surface area contributed by atoms with Crippen LogP contribution in [0, 0.1) is 17.3 Å². The van der Waals surface area contributed by atoms with E-state index in [2.05, 4.69) is 13.8 Å². The Hall–Kier alpha value is -0.910. The Labute approximate surface area is 131 Å². The van der Waals surface area contributed by atoms with Crippen LogP contribution in [0.25, 0.3) is 0 Å². The molecule has 0 spiro atoms. The van der Waals surface area contributed by atoms with Gasteiger partial charge < -0.3 is 19.3 Å². The highest BCUT2D eigenvalue weighted by molar-refractivity contribution is 5.92. The van der Waals surface area contributed by atoms with Crippen molar-refractivity contribution in [2.75, 3.05) is 14.2 Å². The van der Waals surface area contributed by atoms with Gasteiger partial charge in [0.25, 0.3) is 0 Å². The number of carbonyl (C=O) groups is 1. The number of fused-ring (bicyclic) bond motifs is 2. The second kappa shape index (κ2) is 5.05. The van der Waals surface area contributed by atoms with E-state index in [0.29, 0.717) is 12.0 Å². The third kappa shape index (κ3) is 1.79. The first-order valence-corrected chi connectivity index (χ1v) is 8.02. The van der Waals surface area contributed by atoms with Crippen LogP contribution in [0.15, 0.2) is 11.1 Å². The molecule has 0 bridgehead atoms. The largest absolute Gasteiger partial charge is 0.425 e. The maximum Gasteiger partial charge on any atom is 0.336 e. The van der Waals surface area contributed by atoms with Gasteiger partial charge in [-0.05, 0) is 31.6 Å². The number of esters is 1. The lowest BCUT2D eigenvalue weighted by atomic mass is 9.51. The Morgan fingerprint density at radius 2 is 2.00 bits per heavy atom. The Balaban J connectivity index is 2.15. The fourth-order valence-electron chi connectivity index (χ4n) is 4.96. The van der Waals surface area contributed by atoms with Crippen LogP contribution in [0.1, 0.15) is 40.0 Å². The average Bonchev–Trinajstić information content (AvgIpc) is 2.75. The van der Waals surface area contributed by atoms with Crippen LogP contribution in [-0.4, -0.2) is 43.3 Å². The number of ether oxygens (including phenoxy) is 3. The van der Waals surface area contributed by atoms with Crippen molar-refractivity contribution in [1.82, 2.24) is 0 Å². The molecule has 2 aliphatic carbocycles. The van der Waals surface area contributed by atoms with E-state index in [4.69, 9.17) is 14.2 Å². The predicted molar refractivity (Wildman–Crippen MR) is 79.9 cm³/mol. The van der Waals surface area contributed by atoms with Crippen molar-refractivity contribution in [2.45, 2.75) is 58.0 Å². The molecule has 6 atom stereocenters. The van der Waals surface area contributed by atoms with Crippen molar-refractivity contribution in [3.8, 4) is 0 Å². The van der Waals surface area contributed by atoms with Crippen LogP contribution in [0.3, 0.4) is 0 Å². The maximum absolute atomic E-state index is 12.2. The molecular weight excluding hydrogens is 284 g/mol. The van der Waals surface area contributed by atoms with Crippen LogP contribution in [-0.2, 0) is 19.0 Å². The van der Waals surface area contributed by atoms with Crippen molar-refractivity contribution in [2.24, 2.45) is 17.3 Å². The predicted octanol–water partition coefficient (Wildman–Crippen LogP) is 2.03. The number of rotatable bonds is 2. The van der Waals surface area contributed by atoms with Gasteiger partial charge in [-0.2, -0.15) is 0 Å². The average molecular weight is 310 g/mol. The minimum absolute atomic E-state index is 0.0852. The molecule has 3 rings (SSSR count). The Bertz CT molecular complexity index is 527. The molecule has 5 nitrogen and oxygen atoms in total. The zero-order valence-corrected chi connectivity index (χ0v) is 14.0. The van der Waals surface area contributed by atoms with E-state index in [9.17, 15) is 9.90 Å². The molecule has 0 unspecified atom stereocenters. The van der Waals surface area contributed by atoms with Gasteiger partial charge in [0.2, 0.25) is 5.79 Å². The number of methoxy groups -OCH3 is 2. The van der Waals surface area contributed by atoms with Gasteiger partial charge in [0.1, 0.15) is 0 Å². The molecule has 1 N–H and O–H groups in total. The molecule has 1 aliphatic heterocycles. The molecule has 0 radical (unpaired) electrons. The number of aliphatic hydroxyl groups is 1. The van der Waals surface area contributed by atoms with Gasteiger partial charge in [-0.25, -0.2) is 4.79 Å². The molecule has 0 saturated heterocycles. The number of carbonyl (C=O) groups excluding carboxylic acids is 1. The zero-order valence-electron chi connectivity index (χ0n) is 14.0. The van der Waals surface area contributed by atoms with Crippen LogP contribution < -0.4 is 0 Å². The third-order valence-electron chi connectivity index (χ3n) is 6.53. The quantitative estimate of drug-likeness (QED) is 0.791. The summed E-state index contributed by atoms with van der Waals surface area (Å²) in [6, 6.07) is 0. The monoisotopic (exact) mass is 310 g/mol. The fourth-order valence-corrected chi connectivity index (χ4v) is 4.96. The maximum atomic E-state index is 12.2. The summed E-state index contributed by atoms with van der Waals surface area (Å²) < 4.78 is 17.2. The van der Waals surface area contributed by atoms with Crippen LogP contribution in [0.4, 0.5) is 0 Å². The third-order valence-corrected chi connectivity index (χ3v) is 6.53. The SMILES string of the molecule is CO[C@@H]1C2=C(C)C(=O)O[C@@]2(OC)C[C@H]2CC[C@H](O)[C@H](C)[C@@]21C. The number of hydrogen-bond donors (Lipinski definition) is 1. The lowest BCUT2D eigenvalue weighted by molar-refractivity contribution is -0.242. The summed E-state index contributed by atoms with van der Waals surface area (Å²) in [5.74, 6) is -0.955. The van der Waals surface area contributed by atoms with Gasteiger partial charge in [0, 0.05) is 37.2 Å². The topological polar surface area (TPSA) is 65.0 Å². The Morgan fingerprint density at radius 3 is 2.59 bits per heavy atom. The van der Waals surface area contributed by atoms with Crippen molar-refractivity contribution in [1.29, 1.82) is 0 Å². The molecule has 0 aromatic heterocycles. The smallest absolute Gasteiger partial charge is 0.336 e. The van der Waals surface area contributed by atoms with E-state index in [0.717, 1.165) is 18.4 Å². The second-order valence-electron chi connectivity index (χ2n) is 7.20. The minimum Gasteiger partial charge on any atom is -0.425 e. The summed E-state index contributed by atoms with van der Waals surface area (Å²) in [4.78, 5) is 12.2. The molecule has 0 aromatic carbocycles. The van der Waals surface area contributed by atoms with E-state index in [1.54, 1.807) is 21.1 Å². The van der Waals surface area contributed by atoms with E-state index in [1.165, 1.54) is 0 Å². The lowest BCUT2D eigenvalue weighted by Crippen LogP contribution is -2.61. The zero-order chi connectivity index (χ0) is 16.3. The highest BCUT2D eigenvalue weighted by Gasteiger charge is 2.65. The molecular formula is C17H26O5. The van der Waals surface area contributed by atoms with Crippen LogP contribution in [0.5, 0.6) is 0 Å². The van der Waals surface area contributed by atoms with Crippen molar-refractivity contribution >= 4 is 5.97 Å². The highest BCUT2D eigenvalue weighted by atomic mass is 16.7. The second-order valence-corrected chi connectivity index (χ2v) is 7.20. The molecule has 0 aromatic rings. The highest BCUT2D eigenvalue weighted by Crippen LogP contribution is 2.61. The first-order valence-electron chi connectivity index (χ1n) is 8.02. The Morgan fingerprint density at radius 1 is 1.32 bits per heavy atom. The molecule has 1 heterocycles. The van der Waals surface area contributed by atoms with Crippen molar-refractivity contribution < 1.29 is 24.1 Å². The summed E-state index contributed by atoms with van der Waals surface area (Å²) in [7, 11) is 3.25. The standard InChI is InChI=1S/C17H26O5/c1-9-13-14(20-4)16(3)10(2)12(18)7-6-11(16)8-17(13,21-5)22-15(9)19/h10-12,14,18H,6-8H2,1-5H3/t10-,11+,12-,14+,16-,17-/m0/s1. The summed E-state index contributed by atoms with van der Waals surface area (Å²) in [6.07, 6.45) is 1.66. The molecule has 2 saturated carbocycles. The first kappa shape index (κ1) is 16.0. The summed E-state index contributed by atoms with van der Waals surface area (Å²) in [6.45, 7) is 6.02. The van der Waals surface area contributed by atoms with Crippen molar-refractivity contribution in [3.05, 3.63) is 11.1 Å². The lowest BCUT2D eigenvalue weighted by Gasteiger charge is -2.58. The Kier molecular flexibility index (Phi) is 3.66. The summed E-state index contributed by atoms with van der Waals surface area (Å²) >= 11 is 0. The minimum atomic E-state index is -0.992. The molecule has 22 heavy (non-hydrogen) atoms. The molecule has 3 aliphatic rings. The van der Waals surface area contributed by atoms with Gasteiger partial charge in [0.15, 0.2) is 0 Å². The van der Waals surface area contributed by atoms with Gasteiger partial charge in [-0.1, -0.05) is 13.8 Å². The normalized spacial score (nSPS) is 48.0. The molecule has 5 heteroatoms. The van der Waals surface area contributed by atoms with E-state index < -0.39 is 5.79 Å². The molecule has 124 valence electrons. The van der Waals surface area contributed by atoms with Crippen LogP contribution in [0.2, 0.25) is 0 Å². The number of hydrogen-bond acceptors (Lipinski definition) is 5. The van der Waals surface area contributed by atoms with Gasteiger partial charge in [0.05, 0.1) is 12.2 Å². The first-order chi connectivity index (χ1) is 10.3.